The van der Waals surface area contributed by atoms with Gasteiger partial charge in [0, 0.05) is 25.8 Å². The van der Waals surface area contributed by atoms with Crippen molar-refractivity contribution in [3.05, 3.63) is 66.0 Å². The molecule has 9 nitrogen and oxygen atoms in total. The second kappa shape index (κ2) is 16.1. The molecule has 3 heterocycles. The van der Waals surface area contributed by atoms with E-state index >= 15 is 0 Å². The van der Waals surface area contributed by atoms with Crippen molar-refractivity contribution < 1.29 is 23.8 Å². The first-order valence-corrected chi connectivity index (χ1v) is 11.7. The van der Waals surface area contributed by atoms with Gasteiger partial charge in [0.25, 0.3) is 5.91 Å². The van der Waals surface area contributed by atoms with Gasteiger partial charge in [-0.25, -0.2) is 9.78 Å². The van der Waals surface area contributed by atoms with Crippen molar-refractivity contribution in [3.8, 4) is 0 Å². The molecule has 194 valence electrons. The van der Waals surface area contributed by atoms with Crippen LogP contribution in [0, 0.1) is 6.92 Å². The summed E-state index contributed by atoms with van der Waals surface area (Å²) in [4.78, 5) is 35.7. The average Bonchev–Trinajstić information content (AvgIpc) is 3.21. The maximum atomic E-state index is 12.4. The summed E-state index contributed by atoms with van der Waals surface area (Å²) in [6.45, 7) is 15.5. The lowest BCUT2D eigenvalue weighted by atomic mass is 10.1. The minimum atomic E-state index is -0.107. The van der Waals surface area contributed by atoms with Gasteiger partial charge in [0.1, 0.15) is 12.7 Å². The Kier molecular flexibility index (Phi) is 13.6. The van der Waals surface area contributed by atoms with Crippen LogP contribution in [0.4, 0.5) is 0 Å². The number of carbonyl (C=O) groups is 2. The van der Waals surface area contributed by atoms with Crippen molar-refractivity contribution in [1.29, 1.82) is 0 Å². The molecule has 4 rings (SSSR count). The summed E-state index contributed by atoms with van der Waals surface area (Å²) in [6, 6.07) is 10.3. The van der Waals surface area contributed by atoms with Crippen LogP contribution >= 0.6 is 0 Å². The van der Waals surface area contributed by atoms with Gasteiger partial charge in [0.15, 0.2) is 7.05 Å². The molecular formula is C27H38N5O4+. The van der Waals surface area contributed by atoms with Crippen LogP contribution in [0.15, 0.2) is 49.3 Å². The number of hydrogen-bond acceptors (Lipinski definition) is 6. The molecule has 0 bridgehead atoms. The van der Waals surface area contributed by atoms with Gasteiger partial charge < -0.3 is 19.7 Å². The van der Waals surface area contributed by atoms with Crippen LogP contribution in [-0.2, 0) is 27.9 Å². The maximum absolute atomic E-state index is 12.4. The Morgan fingerprint density at radius 3 is 2.31 bits per heavy atom. The Hall–Kier alpha value is -3.65. The predicted molar refractivity (Wildman–Crippen MR) is 140 cm³/mol. The SMILES string of the molecule is C=C=O.C=O.CN1CCOCC1.Cc1ccc(CNC(=O)c2cnc3c(c2)c[n+](C)n3C(C)C)cc1. The van der Waals surface area contributed by atoms with Gasteiger partial charge in [-0.1, -0.05) is 29.8 Å². The Bertz CT molecular complexity index is 1110. The van der Waals surface area contributed by atoms with E-state index < -0.39 is 0 Å². The fraction of sp³-hybridized carbons (Fsp3) is 0.407. The number of fused-ring (bicyclic) bond motifs is 1. The molecule has 9 heteroatoms. The van der Waals surface area contributed by atoms with Crippen LogP contribution in [0.3, 0.4) is 0 Å². The molecule has 1 aliphatic rings. The first-order chi connectivity index (χ1) is 17.3. The average molecular weight is 497 g/mol. The van der Waals surface area contributed by atoms with E-state index in [9.17, 15) is 4.79 Å². The summed E-state index contributed by atoms with van der Waals surface area (Å²) in [5, 5.41) is 3.92. The quantitative estimate of drug-likeness (QED) is 0.440. The molecular weight excluding hydrogens is 458 g/mol. The molecule has 1 saturated heterocycles. The number of benzene rings is 1. The molecule has 0 saturated carbocycles. The van der Waals surface area contributed by atoms with Crippen molar-refractivity contribution in [2.75, 3.05) is 33.4 Å². The van der Waals surface area contributed by atoms with Crippen LogP contribution in [0.5, 0.6) is 0 Å². The van der Waals surface area contributed by atoms with Gasteiger partial charge in [-0.15, -0.1) is 9.36 Å². The summed E-state index contributed by atoms with van der Waals surface area (Å²) >= 11 is 0. The van der Waals surface area contributed by atoms with E-state index in [2.05, 4.69) is 47.4 Å². The molecule has 3 aromatic rings. The number of morpholine rings is 1. The normalized spacial score (nSPS) is 12.7. The summed E-state index contributed by atoms with van der Waals surface area (Å²) in [5.41, 5.74) is 3.77. The minimum absolute atomic E-state index is 0.107. The second-order valence-corrected chi connectivity index (χ2v) is 8.51. The summed E-state index contributed by atoms with van der Waals surface area (Å²) in [6.07, 6.45) is 3.64. The predicted octanol–water partition coefficient (Wildman–Crippen LogP) is 2.45. The van der Waals surface area contributed by atoms with Crippen molar-refractivity contribution in [2.24, 2.45) is 7.05 Å². The number of pyridine rings is 1. The number of aryl methyl sites for hydroxylation is 2. The lowest BCUT2D eigenvalue weighted by Gasteiger charge is -2.21. The zero-order chi connectivity index (χ0) is 27.1. The third-order valence-electron chi connectivity index (χ3n) is 5.34. The standard InChI is InChI=1S/C19H22N4O.C5H11NO.C2H2O.CH2O/c1-13(2)23-18-17(12-22(23)4)9-16(11-20-18)19(24)21-10-15-7-5-14(3)6-8-15;1-6-2-4-7-5-3-6;1-2-3;1-2/h5-9,11-13H,10H2,1-4H3;2-5H2,1H3;1H2;1H2/p+1. The zero-order valence-electron chi connectivity index (χ0n) is 22.0. The molecule has 1 fully saturated rings. The maximum Gasteiger partial charge on any atom is 0.253 e. The largest absolute Gasteiger partial charge is 0.379 e. The second-order valence-electron chi connectivity index (χ2n) is 8.51. The first-order valence-electron chi connectivity index (χ1n) is 11.7. The van der Waals surface area contributed by atoms with Gasteiger partial charge in [-0.2, -0.15) is 0 Å². The molecule has 0 unspecified atom stereocenters. The lowest BCUT2D eigenvalue weighted by molar-refractivity contribution is -0.753. The molecule has 0 atom stereocenters. The van der Waals surface area contributed by atoms with Crippen molar-refractivity contribution >= 4 is 29.7 Å². The van der Waals surface area contributed by atoms with Gasteiger partial charge in [0.05, 0.1) is 30.2 Å². The molecule has 1 aromatic carbocycles. The highest BCUT2D eigenvalue weighted by Crippen LogP contribution is 2.15. The van der Waals surface area contributed by atoms with Crippen molar-refractivity contribution in [1.82, 2.24) is 19.9 Å². The number of rotatable bonds is 4. The fourth-order valence-corrected chi connectivity index (χ4v) is 3.55. The summed E-state index contributed by atoms with van der Waals surface area (Å²) in [7, 11) is 4.10. The third-order valence-corrected chi connectivity index (χ3v) is 5.34. The lowest BCUT2D eigenvalue weighted by Crippen LogP contribution is -2.39. The van der Waals surface area contributed by atoms with E-state index in [-0.39, 0.29) is 5.91 Å². The zero-order valence-corrected chi connectivity index (χ0v) is 22.0. The Morgan fingerprint density at radius 2 is 1.81 bits per heavy atom. The van der Waals surface area contributed by atoms with Gasteiger partial charge in [0.2, 0.25) is 11.8 Å². The van der Waals surface area contributed by atoms with Crippen LogP contribution < -0.4 is 10.00 Å². The summed E-state index contributed by atoms with van der Waals surface area (Å²) in [5.74, 6) is 1.14. The number of carbonyl (C=O) groups excluding carboxylic acids is 3. The van der Waals surface area contributed by atoms with Crippen LogP contribution in [0.25, 0.3) is 11.0 Å². The highest BCUT2D eigenvalue weighted by atomic mass is 16.5. The topological polar surface area (TPSA) is 97.4 Å². The van der Waals surface area contributed by atoms with Gasteiger partial charge in [-0.05, 0) is 46.0 Å². The van der Waals surface area contributed by atoms with E-state index in [1.54, 1.807) is 6.20 Å². The van der Waals surface area contributed by atoms with E-state index in [0.717, 1.165) is 42.9 Å². The molecule has 1 N–H and O–H groups in total. The number of ether oxygens (including phenoxy) is 1. The first kappa shape index (κ1) is 30.4. The van der Waals surface area contributed by atoms with E-state index in [1.807, 2.05) is 62.0 Å². The van der Waals surface area contributed by atoms with Gasteiger partial charge in [-0.3, -0.25) is 4.79 Å². The minimum Gasteiger partial charge on any atom is -0.379 e. The molecule has 2 aromatic heterocycles. The number of aromatic nitrogens is 3. The highest BCUT2D eigenvalue weighted by Gasteiger charge is 2.18. The van der Waals surface area contributed by atoms with Crippen molar-refractivity contribution in [3.63, 3.8) is 0 Å². The number of nitrogens with zero attached hydrogens (tertiary/aromatic N) is 4. The van der Waals surface area contributed by atoms with Crippen LogP contribution in [0.2, 0.25) is 0 Å². The van der Waals surface area contributed by atoms with E-state index in [1.165, 1.54) is 11.5 Å². The third kappa shape index (κ3) is 9.54. The fourth-order valence-electron chi connectivity index (χ4n) is 3.55. The molecule has 36 heavy (non-hydrogen) atoms. The Balaban J connectivity index is 0.000000450. The van der Waals surface area contributed by atoms with Gasteiger partial charge >= 0.3 is 0 Å². The number of amides is 1. The number of hydrogen-bond donors (Lipinski definition) is 1. The van der Waals surface area contributed by atoms with Crippen LogP contribution in [-0.4, -0.2) is 66.6 Å². The van der Waals surface area contributed by atoms with Crippen molar-refractivity contribution in [2.45, 2.75) is 33.4 Å². The molecule has 0 spiro atoms. The molecule has 1 aliphatic heterocycles. The van der Waals surface area contributed by atoms with E-state index in [4.69, 9.17) is 14.3 Å². The molecule has 0 radical (unpaired) electrons. The smallest absolute Gasteiger partial charge is 0.253 e. The van der Waals surface area contributed by atoms with E-state index in [0.29, 0.717) is 18.2 Å². The van der Waals surface area contributed by atoms with Crippen LogP contribution in [0.1, 0.15) is 41.4 Å². The molecule has 1 amide bonds. The number of likely N-dealkylation sites (N-methyl/N-ethyl adjacent to an activating group) is 1. The summed E-state index contributed by atoms with van der Waals surface area (Å²) < 4.78 is 9.21. The monoisotopic (exact) mass is 496 g/mol. The highest BCUT2D eigenvalue weighted by molar-refractivity contribution is 5.96. The molecule has 0 aliphatic carbocycles. The Labute approximate surface area is 213 Å². The number of nitrogens with one attached hydrogen (secondary N) is 1. The Morgan fingerprint density at radius 1 is 1.22 bits per heavy atom.